The number of primary amides is 1. The van der Waals surface area contributed by atoms with Crippen LogP contribution in [0.2, 0.25) is 0 Å². The molecule has 0 aromatic heterocycles. The Balaban J connectivity index is 2.13. The van der Waals surface area contributed by atoms with Crippen molar-refractivity contribution in [1.82, 2.24) is 10.6 Å². The number of amides is 3. The molecule has 2 atom stereocenters. The van der Waals surface area contributed by atoms with E-state index in [4.69, 9.17) is 5.73 Å². The van der Waals surface area contributed by atoms with Crippen molar-refractivity contribution in [2.45, 2.75) is 58.0 Å². The average molecular weight is 428 g/mol. The third kappa shape index (κ3) is 7.51. The number of nitrogens with two attached hydrogens (primary N) is 1. The van der Waals surface area contributed by atoms with Gasteiger partial charge in [-0.05, 0) is 34.2 Å². The van der Waals surface area contributed by atoms with E-state index in [0.29, 0.717) is 5.56 Å². The highest BCUT2D eigenvalue weighted by atomic mass is 19.1. The summed E-state index contributed by atoms with van der Waals surface area (Å²) in [7, 11) is 0. The van der Waals surface area contributed by atoms with E-state index >= 15 is 0 Å². The Morgan fingerprint density at radius 2 is 1.55 bits per heavy atom. The van der Waals surface area contributed by atoms with Gasteiger partial charge in [0.1, 0.15) is 17.9 Å². The van der Waals surface area contributed by atoms with Crippen LogP contribution in [-0.4, -0.2) is 29.8 Å². The van der Waals surface area contributed by atoms with Gasteiger partial charge < -0.3 is 16.4 Å². The molecule has 0 radical (unpaired) electrons. The van der Waals surface area contributed by atoms with Gasteiger partial charge in [-0.2, -0.15) is 0 Å². The summed E-state index contributed by atoms with van der Waals surface area (Å²) >= 11 is 0. The minimum atomic E-state index is -0.968. The molecule has 4 N–H and O–H groups in total. The van der Waals surface area contributed by atoms with Gasteiger partial charge in [-0.25, -0.2) is 4.39 Å². The Labute approximate surface area is 182 Å². The fourth-order valence-corrected chi connectivity index (χ4v) is 3.23. The monoisotopic (exact) mass is 427 g/mol. The van der Waals surface area contributed by atoms with Gasteiger partial charge in [0.15, 0.2) is 0 Å². The third-order valence-electron chi connectivity index (χ3n) is 4.94. The molecule has 2 aromatic carbocycles. The molecule has 0 fully saturated rings. The largest absolute Gasteiger partial charge is 0.368 e. The maximum atomic E-state index is 13.5. The molecule has 3 amide bonds. The Bertz CT molecular complexity index is 936. The first-order valence-corrected chi connectivity index (χ1v) is 10.2. The molecule has 0 spiro atoms. The van der Waals surface area contributed by atoms with E-state index in [1.807, 2.05) is 24.3 Å². The summed E-state index contributed by atoms with van der Waals surface area (Å²) in [5, 5.41) is 5.18. The van der Waals surface area contributed by atoms with Crippen molar-refractivity contribution in [1.29, 1.82) is 0 Å². The van der Waals surface area contributed by atoms with Crippen LogP contribution in [0.4, 0.5) is 4.39 Å². The lowest BCUT2D eigenvalue weighted by molar-refractivity contribution is -0.130. The van der Waals surface area contributed by atoms with E-state index in [0.717, 1.165) is 11.1 Å². The molecule has 0 unspecified atom stereocenters. The molecule has 0 saturated carbocycles. The number of hydrogen-bond donors (Lipinski definition) is 3. The topological polar surface area (TPSA) is 101 Å². The van der Waals surface area contributed by atoms with Gasteiger partial charge in [-0.3, -0.25) is 14.4 Å². The highest BCUT2D eigenvalue weighted by Crippen LogP contribution is 2.22. The number of halogens is 1. The maximum absolute atomic E-state index is 13.5. The molecule has 0 aliphatic rings. The average Bonchev–Trinajstić information content (AvgIpc) is 2.66. The predicted molar refractivity (Wildman–Crippen MR) is 118 cm³/mol. The Kier molecular flexibility index (Phi) is 7.91. The van der Waals surface area contributed by atoms with Gasteiger partial charge in [0, 0.05) is 19.8 Å². The van der Waals surface area contributed by atoms with Crippen molar-refractivity contribution in [3.8, 4) is 0 Å². The number of carbonyl (C=O) groups excluding carboxylic acids is 3. The number of benzene rings is 2. The van der Waals surface area contributed by atoms with Crippen molar-refractivity contribution in [3.05, 3.63) is 71.0 Å². The lowest BCUT2D eigenvalue weighted by Crippen LogP contribution is -2.54. The van der Waals surface area contributed by atoms with Crippen LogP contribution in [0.15, 0.2) is 48.5 Å². The quantitative estimate of drug-likeness (QED) is 0.603. The van der Waals surface area contributed by atoms with Crippen molar-refractivity contribution >= 4 is 17.7 Å². The molecule has 0 saturated heterocycles. The molecule has 166 valence electrons. The van der Waals surface area contributed by atoms with Crippen molar-refractivity contribution in [2.75, 3.05) is 0 Å². The highest BCUT2D eigenvalue weighted by Gasteiger charge is 2.26. The molecule has 7 heteroatoms. The smallest absolute Gasteiger partial charge is 0.243 e. The van der Waals surface area contributed by atoms with Gasteiger partial charge in [0.2, 0.25) is 17.7 Å². The maximum Gasteiger partial charge on any atom is 0.243 e. The van der Waals surface area contributed by atoms with E-state index in [-0.39, 0.29) is 18.3 Å². The zero-order chi connectivity index (χ0) is 23.2. The molecular formula is C24H30FN3O3. The normalized spacial score (nSPS) is 13.2. The number of nitrogens with one attached hydrogen (secondary N) is 2. The second-order valence-corrected chi connectivity index (χ2v) is 8.70. The Morgan fingerprint density at radius 1 is 0.935 bits per heavy atom. The lowest BCUT2D eigenvalue weighted by atomic mass is 9.86. The molecule has 31 heavy (non-hydrogen) atoms. The first-order valence-electron chi connectivity index (χ1n) is 10.2. The molecular weight excluding hydrogens is 397 g/mol. The van der Waals surface area contributed by atoms with Crippen LogP contribution in [0.5, 0.6) is 0 Å². The predicted octanol–water partition coefficient (Wildman–Crippen LogP) is 2.38. The molecule has 6 nitrogen and oxygen atoms in total. The van der Waals surface area contributed by atoms with E-state index < -0.39 is 35.6 Å². The van der Waals surface area contributed by atoms with Crippen LogP contribution in [-0.2, 0) is 32.6 Å². The van der Waals surface area contributed by atoms with E-state index in [9.17, 15) is 18.8 Å². The van der Waals surface area contributed by atoms with E-state index in [1.165, 1.54) is 25.1 Å². The van der Waals surface area contributed by atoms with Crippen LogP contribution in [0.25, 0.3) is 0 Å². The molecule has 0 aliphatic heterocycles. The third-order valence-corrected chi connectivity index (χ3v) is 4.94. The van der Waals surface area contributed by atoms with Crippen molar-refractivity contribution in [2.24, 2.45) is 5.73 Å². The second-order valence-electron chi connectivity index (χ2n) is 8.70. The van der Waals surface area contributed by atoms with E-state index in [2.05, 4.69) is 31.4 Å². The summed E-state index contributed by atoms with van der Waals surface area (Å²) in [5.41, 5.74) is 8.05. The van der Waals surface area contributed by atoms with Crippen LogP contribution >= 0.6 is 0 Å². The van der Waals surface area contributed by atoms with Gasteiger partial charge in [0.05, 0.1) is 0 Å². The van der Waals surface area contributed by atoms with Crippen molar-refractivity contribution < 1.29 is 18.8 Å². The van der Waals surface area contributed by atoms with Crippen molar-refractivity contribution in [3.63, 3.8) is 0 Å². The molecule has 0 aliphatic carbocycles. The summed E-state index contributed by atoms with van der Waals surface area (Å²) < 4.78 is 13.5. The first kappa shape index (κ1) is 24.1. The van der Waals surface area contributed by atoms with Crippen LogP contribution in [0.1, 0.15) is 44.4 Å². The summed E-state index contributed by atoms with van der Waals surface area (Å²) in [6.45, 7) is 7.60. The molecule has 0 heterocycles. The molecule has 2 rings (SSSR count). The number of rotatable bonds is 8. The molecule has 0 bridgehead atoms. The zero-order valence-electron chi connectivity index (χ0n) is 18.4. The van der Waals surface area contributed by atoms with E-state index in [1.54, 1.807) is 6.07 Å². The second kappa shape index (κ2) is 10.2. The Hall–Kier alpha value is -3.22. The van der Waals surface area contributed by atoms with Gasteiger partial charge in [0.25, 0.3) is 0 Å². The fourth-order valence-electron chi connectivity index (χ4n) is 3.23. The van der Waals surface area contributed by atoms with Gasteiger partial charge in [-0.15, -0.1) is 0 Å². The number of carbonyl (C=O) groups is 3. The standard InChI is InChI=1S/C24H30FN3O3/c1-15(29)27-21(14-17-6-5-7-19(25)12-17)23(31)28-20(22(26)30)13-16-8-10-18(11-9-16)24(2,3)4/h5-12,20-21H,13-14H2,1-4H3,(H2,26,30)(H,27,29)(H,28,31)/t20-,21+/m1/s1. The van der Waals surface area contributed by atoms with Crippen LogP contribution < -0.4 is 16.4 Å². The van der Waals surface area contributed by atoms with Crippen LogP contribution in [0.3, 0.4) is 0 Å². The fraction of sp³-hybridized carbons (Fsp3) is 0.375. The van der Waals surface area contributed by atoms with Crippen LogP contribution in [0, 0.1) is 5.82 Å². The lowest BCUT2D eigenvalue weighted by Gasteiger charge is -2.22. The number of hydrogen-bond acceptors (Lipinski definition) is 3. The highest BCUT2D eigenvalue weighted by molar-refractivity contribution is 5.91. The summed E-state index contributed by atoms with van der Waals surface area (Å²) in [4.78, 5) is 36.4. The minimum Gasteiger partial charge on any atom is -0.368 e. The Morgan fingerprint density at radius 3 is 2.06 bits per heavy atom. The minimum absolute atomic E-state index is 0.00166. The zero-order valence-corrected chi connectivity index (χ0v) is 18.4. The van der Waals surface area contributed by atoms with Gasteiger partial charge >= 0.3 is 0 Å². The SMILES string of the molecule is CC(=O)N[C@@H](Cc1cccc(F)c1)C(=O)N[C@H](Cc1ccc(C(C)(C)C)cc1)C(N)=O. The first-order chi connectivity index (χ1) is 14.5. The van der Waals surface area contributed by atoms with Gasteiger partial charge in [-0.1, -0.05) is 57.2 Å². The summed E-state index contributed by atoms with van der Waals surface area (Å²) in [5.74, 6) is -2.09. The molecule has 2 aromatic rings. The summed E-state index contributed by atoms with van der Waals surface area (Å²) in [6.07, 6.45) is 0.299. The summed E-state index contributed by atoms with van der Waals surface area (Å²) in [6, 6.07) is 11.6.